The van der Waals surface area contributed by atoms with Crippen LogP contribution in [0, 0.1) is 6.54 Å². The van der Waals surface area contributed by atoms with Crippen LogP contribution in [0.1, 0.15) is 129 Å². The van der Waals surface area contributed by atoms with Gasteiger partial charge in [-0.2, -0.15) is 0 Å². The maximum atomic E-state index is 11.7. The smallest absolute Gasteiger partial charge is 0.306 e. The number of unbranched alkanes of at least 4 members (excludes halogenated alkanes) is 16. The molecule has 27 heavy (non-hydrogen) atoms. The zero-order valence-corrected chi connectivity index (χ0v) is 18.1. The number of hydrogen-bond donors (Lipinski definition) is 1. The summed E-state index contributed by atoms with van der Waals surface area (Å²) in [4.78, 5) is 11.7. The van der Waals surface area contributed by atoms with E-state index in [4.69, 9.17) is 4.74 Å². The van der Waals surface area contributed by atoms with E-state index in [0.29, 0.717) is 6.42 Å². The molecule has 0 amide bonds. The zero-order chi connectivity index (χ0) is 19.4. The van der Waals surface area contributed by atoms with Crippen LogP contribution in [0.2, 0.25) is 0 Å². The summed E-state index contributed by atoms with van der Waals surface area (Å²) in [6.07, 6.45) is 24.8. The predicted octanol–water partition coefficient (Wildman–Crippen LogP) is 7.09. The summed E-state index contributed by atoms with van der Waals surface area (Å²) < 4.78 is 5.41. The Morgan fingerprint density at radius 2 is 1.22 bits per heavy atom. The SMILES string of the molecule is CCCCCCCCCCCCCCCCCCCC(=O)OC1C[CH]NC1. The fraction of sp³-hybridized carbons (Fsp3) is 0.917. The molecule has 0 aromatic rings. The van der Waals surface area contributed by atoms with Crippen molar-refractivity contribution in [1.82, 2.24) is 5.32 Å². The largest absolute Gasteiger partial charge is 0.461 e. The van der Waals surface area contributed by atoms with Crippen molar-refractivity contribution >= 4 is 5.97 Å². The van der Waals surface area contributed by atoms with Crippen LogP contribution < -0.4 is 5.32 Å². The molecule has 1 N–H and O–H groups in total. The van der Waals surface area contributed by atoms with E-state index >= 15 is 0 Å². The van der Waals surface area contributed by atoms with Gasteiger partial charge >= 0.3 is 5.97 Å². The van der Waals surface area contributed by atoms with Gasteiger partial charge in [-0.1, -0.05) is 110 Å². The third-order valence-corrected chi connectivity index (χ3v) is 5.65. The Morgan fingerprint density at radius 3 is 1.63 bits per heavy atom. The van der Waals surface area contributed by atoms with Crippen molar-refractivity contribution in [1.29, 1.82) is 0 Å². The van der Waals surface area contributed by atoms with Crippen LogP contribution in [0.4, 0.5) is 0 Å². The van der Waals surface area contributed by atoms with E-state index in [1.165, 1.54) is 103 Å². The van der Waals surface area contributed by atoms with Gasteiger partial charge in [0.25, 0.3) is 0 Å². The zero-order valence-electron chi connectivity index (χ0n) is 18.1. The second kappa shape index (κ2) is 18.8. The number of carbonyl (C=O) groups is 1. The van der Waals surface area contributed by atoms with Crippen molar-refractivity contribution in [3.8, 4) is 0 Å². The summed E-state index contributed by atoms with van der Waals surface area (Å²) in [6, 6.07) is 0. The second-order valence-electron chi connectivity index (χ2n) is 8.37. The molecule has 1 aliphatic rings. The number of esters is 1. The molecule has 0 aliphatic carbocycles. The van der Waals surface area contributed by atoms with Gasteiger partial charge in [0.1, 0.15) is 6.10 Å². The number of hydrogen-bond acceptors (Lipinski definition) is 3. The summed E-state index contributed by atoms with van der Waals surface area (Å²) in [6.45, 7) is 5.05. The van der Waals surface area contributed by atoms with Gasteiger partial charge in [0, 0.05) is 25.9 Å². The van der Waals surface area contributed by atoms with E-state index in [1.807, 2.05) is 6.54 Å². The molecule has 1 aliphatic heterocycles. The molecule has 1 saturated heterocycles. The lowest BCUT2D eigenvalue weighted by Gasteiger charge is -2.10. The molecule has 3 heteroatoms. The molecular weight excluding hydrogens is 334 g/mol. The lowest BCUT2D eigenvalue weighted by Crippen LogP contribution is -2.20. The van der Waals surface area contributed by atoms with Gasteiger partial charge < -0.3 is 10.1 Å². The van der Waals surface area contributed by atoms with Gasteiger partial charge in [0.05, 0.1) is 0 Å². The Labute approximate surface area is 169 Å². The first-order valence-electron chi connectivity index (χ1n) is 12.1. The van der Waals surface area contributed by atoms with Gasteiger partial charge in [-0.25, -0.2) is 0 Å². The summed E-state index contributed by atoms with van der Waals surface area (Å²) in [5.41, 5.74) is 0. The maximum Gasteiger partial charge on any atom is 0.306 e. The number of nitrogens with one attached hydrogen (secondary N) is 1. The lowest BCUT2D eigenvalue weighted by atomic mass is 10.0. The molecule has 1 fully saturated rings. The van der Waals surface area contributed by atoms with Crippen LogP contribution in [-0.2, 0) is 9.53 Å². The molecule has 0 saturated carbocycles. The topological polar surface area (TPSA) is 38.3 Å². The fourth-order valence-corrected chi connectivity index (χ4v) is 3.84. The molecule has 1 radical (unpaired) electrons. The molecule has 1 rings (SSSR count). The minimum absolute atomic E-state index is 0.0157. The Morgan fingerprint density at radius 1 is 0.778 bits per heavy atom. The number of ether oxygens (including phenoxy) is 1. The van der Waals surface area contributed by atoms with E-state index in [-0.39, 0.29) is 12.1 Å². The molecule has 0 spiro atoms. The van der Waals surface area contributed by atoms with Crippen LogP contribution in [0.15, 0.2) is 0 Å². The van der Waals surface area contributed by atoms with E-state index in [9.17, 15) is 4.79 Å². The van der Waals surface area contributed by atoms with E-state index in [2.05, 4.69) is 12.2 Å². The quantitative estimate of drug-likeness (QED) is 0.192. The van der Waals surface area contributed by atoms with Crippen LogP contribution in [0.5, 0.6) is 0 Å². The molecule has 1 heterocycles. The van der Waals surface area contributed by atoms with Crippen LogP contribution in [0.25, 0.3) is 0 Å². The van der Waals surface area contributed by atoms with Crippen molar-refractivity contribution < 1.29 is 9.53 Å². The van der Waals surface area contributed by atoms with Crippen LogP contribution >= 0.6 is 0 Å². The van der Waals surface area contributed by atoms with E-state index < -0.39 is 0 Å². The molecule has 0 aromatic heterocycles. The highest BCUT2D eigenvalue weighted by Gasteiger charge is 2.18. The second-order valence-corrected chi connectivity index (χ2v) is 8.37. The average molecular weight is 381 g/mol. The standard InChI is InChI=1S/C24H46NO2/c1-2-3-4-5-6-7-8-9-10-11-12-13-14-15-16-17-18-19-24(26)27-23-20-21-25-22-23/h21,23,25H,2-20,22H2,1H3. The number of rotatable bonds is 19. The van der Waals surface area contributed by atoms with Crippen molar-refractivity contribution in [2.24, 2.45) is 0 Å². The van der Waals surface area contributed by atoms with Gasteiger partial charge in [-0.3, -0.25) is 4.79 Å². The van der Waals surface area contributed by atoms with Crippen LogP contribution in [0.3, 0.4) is 0 Å². The molecular formula is C24H46NO2. The summed E-state index contributed by atoms with van der Waals surface area (Å²) in [5.74, 6) is -0.0157. The maximum absolute atomic E-state index is 11.7. The van der Waals surface area contributed by atoms with Gasteiger partial charge in [0.2, 0.25) is 0 Å². The first-order valence-corrected chi connectivity index (χ1v) is 12.1. The highest BCUT2D eigenvalue weighted by Crippen LogP contribution is 2.15. The fourth-order valence-electron chi connectivity index (χ4n) is 3.84. The molecule has 0 bridgehead atoms. The van der Waals surface area contributed by atoms with Gasteiger partial charge in [-0.05, 0) is 6.42 Å². The monoisotopic (exact) mass is 380 g/mol. The third kappa shape index (κ3) is 16.1. The van der Waals surface area contributed by atoms with E-state index in [1.54, 1.807) is 0 Å². The first-order chi connectivity index (χ1) is 13.3. The highest BCUT2D eigenvalue weighted by atomic mass is 16.5. The predicted molar refractivity (Wildman–Crippen MR) is 116 cm³/mol. The Hall–Kier alpha value is -0.570. The summed E-state index contributed by atoms with van der Waals surface area (Å²) in [7, 11) is 0. The number of carbonyl (C=O) groups excluding carboxylic acids is 1. The highest BCUT2D eigenvalue weighted by molar-refractivity contribution is 5.69. The minimum Gasteiger partial charge on any atom is -0.461 e. The van der Waals surface area contributed by atoms with Gasteiger partial charge in [-0.15, -0.1) is 0 Å². The van der Waals surface area contributed by atoms with Crippen LogP contribution in [-0.4, -0.2) is 18.6 Å². The Balaban J connectivity index is 1.69. The molecule has 3 nitrogen and oxygen atoms in total. The van der Waals surface area contributed by atoms with Crippen molar-refractivity contribution in [3.63, 3.8) is 0 Å². The minimum atomic E-state index is -0.0157. The Kier molecular flexibility index (Phi) is 17.0. The van der Waals surface area contributed by atoms with E-state index in [0.717, 1.165) is 19.4 Å². The van der Waals surface area contributed by atoms with Crippen molar-refractivity contribution in [3.05, 3.63) is 6.54 Å². The normalized spacial score (nSPS) is 16.7. The lowest BCUT2D eigenvalue weighted by molar-refractivity contribution is -0.148. The van der Waals surface area contributed by atoms with Crippen molar-refractivity contribution in [2.45, 2.75) is 135 Å². The first kappa shape index (κ1) is 24.5. The molecule has 1 unspecified atom stereocenters. The van der Waals surface area contributed by atoms with Gasteiger partial charge in [0.15, 0.2) is 0 Å². The molecule has 0 aromatic carbocycles. The summed E-state index contributed by atoms with van der Waals surface area (Å²) >= 11 is 0. The average Bonchev–Trinajstić information content (AvgIpc) is 3.17. The summed E-state index contributed by atoms with van der Waals surface area (Å²) in [5, 5.41) is 3.10. The van der Waals surface area contributed by atoms with Crippen molar-refractivity contribution in [2.75, 3.05) is 6.54 Å². The molecule has 159 valence electrons. The molecule has 1 atom stereocenters. The Bertz CT molecular complexity index is 326. The third-order valence-electron chi connectivity index (χ3n) is 5.65.